The zero-order chi connectivity index (χ0) is 12.4. The fraction of sp³-hybridized carbons (Fsp3) is 0.833. The molecule has 1 atom stereocenters. The molecular formula is C12H19N3O2S. The zero-order valence-corrected chi connectivity index (χ0v) is 11.2. The van der Waals surface area contributed by atoms with Gasteiger partial charge >= 0.3 is 5.69 Å². The molecule has 3 rings (SSSR count). The van der Waals surface area contributed by atoms with Gasteiger partial charge in [0.25, 0.3) is 0 Å². The molecule has 0 aromatic carbocycles. The highest BCUT2D eigenvalue weighted by molar-refractivity contribution is 7.99. The Hall–Kier alpha value is -0.750. The molecule has 6 heteroatoms. The predicted molar refractivity (Wildman–Crippen MR) is 69.9 cm³/mol. The number of rotatable bonds is 4. The normalized spacial score (nSPS) is 25.0. The van der Waals surface area contributed by atoms with Crippen LogP contribution in [0.4, 0.5) is 0 Å². The average Bonchev–Trinajstić information content (AvgIpc) is 3.08. The highest BCUT2D eigenvalue weighted by atomic mass is 32.2. The quantitative estimate of drug-likeness (QED) is 0.905. The van der Waals surface area contributed by atoms with Crippen molar-refractivity contribution in [2.24, 2.45) is 0 Å². The number of H-pyrrole nitrogens is 1. The van der Waals surface area contributed by atoms with Crippen molar-refractivity contribution in [1.82, 2.24) is 14.8 Å². The lowest BCUT2D eigenvalue weighted by atomic mass is 10.2. The Bertz CT molecular complexity index is 444. The minimum Gasteiger partial charge on any atom is -0.376 e. The largest absolute Gasteiger partial charge is 0.376 e. The molecule has 1 saturated heterocycles. The third kappa shape index (κ3) is 2.64. The molecule has 0 amide bonds. The van der Waals surface area contributed by atoms with Crippen LogP contribution in [0.5, 0.6) is 0 Å². The summed E-state index contributed by atoms with van der Waals surface area (Å²) in [7, 11) is 0. The molecule has 1 aliphatic heterocycles. The van der Waals surface area contributed by atoms with E-state index in [9.17, 15) is 4.79 Å². The summed E-state index contributed by atoms with van der Waals surface area (Å²) in [6.45, 7) is 1.47. The average molecular weight is 269 g/mol. The van der Waals surface area contributed by atoms with Crippen molar-refractivity contribution in [3.63, 3.8) is 0 Å². The van der Waals surface area contributed by atoms with Crippen LogP contribution < -0.4 is 5.69 Å². The summed E-state index contributed by atoms with van der Waals surface area (Å²) in [5.74, 6) is 0. The van der Waals surface area contributed by atoms with Gasteiger partial charge in [0.05, 0.1) is 12.6 Å². The first kappa shape index (κ1) is 12.3. The molecule has 18 heavy (non-hydrogen) atoms. The van der Waals surface area contributed by atoms with Gasteiger partial charge in [0.1, 0.15) is 0 Å². The topological polar surface area (TPSA) is 59.9 Å². The summed E-state index contributed by atoms with van der Waals surface area (Å²) in [6.07, 6.45) is 7.42. The summed E-state index contributed by atoms with van der Waals surface area (Å²) >= 11 is 1.75. The molecular weight excluding hydrogens is 250 g/mol. The number of thioether (sulfide) groups is 1. The number of hydrogen-bond donors (Lipinski definition) is 1. The maximum Gasteiger partial charge on any atom is 0.344 e. The Kier molecular flexibility index (Phi) is 3.75. The van der Waals surface area contributed by atoms with Crippen LogP contribution in [0.3, 0.4) is 0 Å². The molecule has 5 nitrogen and oxygen atoms in total. The molecule has 1 aromatic rings. The lowest BCUT2D eigenvalue weighted by Crippen LogP contribution is -2.25. The van der Waals surface area contributed by atoms with E-state index in [0.29, 0.717) is 11.8 Å². The summed E-state index contributed by atoms with van der Waals surface area (Å²) < 4.78 is 7.34. The van der Waals surface area contributed by atoms with E-state index in [0.717, 1.165) is 24.6 Å². The fourth-order valence-corrected chi connectivity index (χ4v) is 3.95. The second-order valence-electron chi connectivity index (χ2n) is 5.08. The van der Waals surface area contributed by atoms with E-state index in [4.69, 9.17) is 4.74 Å². The second kappa shape index (κ2) is 5.48. The highest BCUT2D eigenvalue weighted by Gasteiger charge is 2.23. The van der Waals surface area contributed by atoms with Crippen molar-refractivity contribution in [3.05, 3.63) is 10.5 Å². The first-order valence-electron chi connectivity index (χ1n) is 6.76. The van der Waals surface area contributed by atoms with Gasteiger partial charge in [-0.25, -0.2) is 9.89 Å². The minimum absolute atomic E-state index is 0.106. The number of nitrogens with zero attached hydrogens (tertiary/aromatic N) is 2. The molecule has 1 saturated carbocycles. The monoisotopic (exact) mass is 269 g/mol. The van der Waals surface area contributed by atoms with Crippen molar-refractivity contribution >= 4 is 11.8 Å². The van der Waals surface area contributed by atoms with Gasteiger partial charge in [0.2, 0.25) is 0 Å². The van der Waals surface area contributed by atoms with Crippen molar-refractivity contribution in [3.8, 4) is 0 Å². The van der Waals surface area contributed by atoms with Crippen LogP contribution >= 0.6 is 11.8 Å². The van der Waals surface area contributed by atoms with E-state index in [-0.39, 0.29) is 11.8 Å². The van der Waals surface area contributed by atoms with Gasteiger partial charge in [-0.05, 0) is 25.7 Å². The van der Waals surface area contributed by atoms with Gasteiger partial charge in [-0.15, -0.1) is 5.10 Å². The van der Waals surface area contributed by atoms with E-state index in [1.807, 2.05) is 0 Å². The Morgan fingerprint density at radius 3 is 2.89 bits per heavy atom. The molecule has 0 unspecified atom stereocenters. The molecule has 2 aliphatic rings. The molecule has 0 radical (unpaired) electrons. The van der Waals surface area contributed by atoms with Gasteiger partial charge in [-0.2, -0.15) is 0 Å². The van der Waals surface area contributed by atoms with E-state index < -0.39 is 0 Å². The molecule has 0 bridgehead atoms. The van der Waals surface area contributed by atoms with Crippen LogP contribution in [0, 0.1) is 0 Å². The van der Waals surface area contributed by atoms with Crippen LogP contribution in [-0.4, -0.2) is 32.7 Å². The Morgan fingerprint density at radius 2 is 2.17 bits per heavy atom. The van der Waals surface area contributed by atoms with E-state index in [2.05, 4.69) is 10.2 Å². The first-order chi connectivity index (χ1) is 8.83. The maximum atomic E-state index is 11.8. The Labute approximate surface area is 110 Å². The Balaban J connectivity index is 1.70. The zero-order valence-electron chi connectivity index (χ0n) is 10.4. The summed E-state index contributed by atoms with van der Waals surface area (Å²) in [4.78, 5) is 11.8. The summed E-state index contributed by atoms with van der Waals surface area (Å²) in [5.41, 5.74) is -0.106. The summed E-state index contributed by atoms with van der Waals surface area (Å²) in [6, 6.07) is 0. The molecule has 2 heterocycles. The number of ether oxygens (including phenoxy) is 1. The SMILES string of the molecule is O=c1[nH]nc(SC2CCCC2)n1C[C@H]1CCCO1. The second-order valence-corrected chi connectivity index (χ2v) is 6.35. The van der Waals surface area contributed by atoms with Crippen molar-refractivity contribution in [2.75, 3.05) is 6.61 Å². The standard InChI is InChI=1S/C12H19N3O2S/c16-11-13-14-12(18-10-5-1-2-6-10)15(11)8-9-4-3-7-17-9/h9-10H,1-8H2,(H,13,16)/t9-/m1/s1. The fourth-order valence-electron chi connectivity index (χ4n) is 2.70. The highest BCUT2D eigenvalue weighted by Crippen LogP contribution is 2.33. The number of hydrogen-bond acceptors (Lipinski definition) is 4. The van der Waals surface area contributed by atoms with Crippen LogP contribution in [0.25, 0.3) is 0 Å². The van der Waals surface area contributed by atoms with Gasteiger partial charge in [0, 0.05) is 11.9 Å². The molecule has 2 fully saturated rings. The van der Waals surface area contributed by atoms with Gasteiger partial charge in [-0.3, -0.25) is 4.57 Å². The van der Waals surface area contributed by atoms with Crippen molar-refractivity contribution in [2.45, 2.75) is 61.6 Å². The third-order valence-electron chi connectivity index (χ3n) is 3.71. The first-order valence-corrected chi connectivity index (χ1v) is 7.64. The predicted octanol–water partition coefficient (Wildman–Crippen LogP) is 1.79. The van der Waals surface area contributed by atoms with Crippen molar-refractivity contribution in [1.29, 1.82) is 0 Å². The van der Waals surface area contributed by atoms with Crippen molar-refractivity contribution < 1.29 is 4.74 Å². The summed E-state index contributed by atoms with van der Waals surface area (Å²) in [5, 5.41) is 8.18. The molecule has 1 N–H and O–H groups in total. The lowest BCUT2D eigenvalue weighted by molar-refractivity contribution is 0.0941. The van der Waals surface area contributed by atoms with Crippen LogP contribution in [-0.2, 0) is 11.3 Å². The third-order valence-corrected chi connectivity index (χ3v) is 5.03. The lowest BCUT2D eigenvalue weighted by Gasteiger charge is -2.12. The van der Waals surface area contributed by atoms with E-state index >= 15 is 0 Å². The number of aromatic nitrogens is 3. The number of nitrogens with one attached hydrogen (secondary N) is 1. The van der Waals surface area contributed by atoms with E-state index in [1.54, 1.807) is 16.3 Å². The Morgan fingerprint density at radius 1 is 1.33 bits per heavy atom. The maximum absolute atomic E-state index is 11.8. The molecule has 100 valence electrons. The number of aromatic amines is 1. The smallest absolute Gasteiger partial charge is 0.344 e. The minimum atomic E-state index is -0.106. The van der Waals surface area contributed by atoms with Crippen LogP contribution in [0.2, 0.25) is 0 Å². The van der Waals surface area contributed by atoms with Gasteiger partial charge in [0.15, 0.2) is 5.16 Å². The van der Waals surface area contributed by atoms with Gasteiger partial charge in [-0.1, -0.05) is 24.6 Å². The van der Waals surface area contributed by atoms with Gasteiger partial charge < -0.3 is 4.74 Å². The van der Waals surface area contributed by atoms with Crippen LogP contribution in [0.15, 0.2) is 9.95 Å². The van der Waals surface area contributed by atoms with Crippen LogP contribution in [0.1, 0.15) is 38.5 Å². The molecule has 1 aliphatic carbocycles. The molecule has 0 spiro atoms. The molecule has 1 aromatic heterocycles. The van der Waals surface area contributed by atoms with E-state index in [1.165, 1.54) is 25.7 Å².